The lowest BCUT2D eigenvalue weighted by Crippen LogP contribution is -2.51. The number of halogens is 2. The number of piperazine rings is 1. The summed E-state index contributed by atoms with van der Waals surface area (Å²) in [6.45, 7) is 0.836. The van der Waals surface area contributed by atoms with E-state index in [4.69, 9.17) is 4.74 Å². The van der Waals surface area contributed by atoms with Gasteiger partial charge < -0.3 is 14.5 Å². The number of benzene rings is 3. The number of carbonyl (C=O) groups is 2. The van der Waals surface area contributed by atoms with Gasteiger partial charge in [0.2, 0.25) is 0 Å². The molecule has 30 heavy (non-hydrogen) atoms. The lowest BCUT2D eigenvalue weighted by Gasteiger charge is -2.34. The molecule has 3 aromatic carbocycles. The Kier molecular flexibility index (Phi) is 5.61. The molecule has 1 heterocycles. The fraction of sp³-hybridized carbons (Fsp3) is 0.217. The van der Waals surface area contributed by atoms with Crippen LogP contribution in [0.2, 0.25) is 0 Å². The predicted octanol–water partition coefficient (Wildman–Crippen LogP) is 3.48. The summed E-state index contributed by atoms with van der Waals surface area (Å²) >= 11 is 0. The molecule has 0 aromatic heterocycles. The minimum absolute atomic E-state index is 0.121. The topological polar surface area (TPSA) is 49.9 Å². The third-order valence-corrected chi connectivity index (χ3v) is 5.20. The number of carbonyl (C=O) groups excluding carboxylic acids is 2. The molecule has 154 valence electrons. The van der Waals surface area contributed by atoms with Gasteiger partial charge in [0.1, 0.15) is 22.9 Å². The van der Waals surface area contributed by atoms with Gasteiger partial charge in [-0.3, -0.25) is 9.59 Å². The van der Waals surface area contributed by atoms with E-state index >= 15 is 0 Å². The molecule has 0 aliphatic carbocycles. The molecule has 0 N–H and O–H groups in total. The van der Waals surface area contributed by atoms with E-state index in [1.807, 2.05) is 42.5 Å². The number of hydrogen-bond donors (Lipinski definition) is 0. The normalized spacial score (nSPS) is 14.1. The molecule has 1 aliphatic rings. The summed E-state index contributed by atoms with van der Waals surface area (Å²) in [5, 5.41) is 1.95. The Labute approximate surface area is 172 Å². The average Bonchev–Trinajstić information content (AvgIpc) is 2.77. The molecule has 0 bridgehead atoms. The van der Waals surface area contributed by atoms with Crippen LogP contribution in [-0.4, -0.2) is 54.4 Å². The van der Waals surface area contributed by atoms with Crippen molar-refractivity contribution in [3.05, 3.63) is 77.9 Å². The molecule has 0 radical (unpaired) electrons. The Balaban J connectivity index is 1.35. The van der Waals surface area contributed by atoms with E-state index in [0.717, 1.165) is 22.9 Å². The maximum absolute atomic E-state index is 13.9. The minimum atomic E-state index is -0.887. The van der Waals surface area contributed by atoms with E-state index in [9.17, 15) is 18.4 Å². The molecule has 7 heteroatoms. The molecule has 1 aliphatic heterocycles. The fourth-order valence-electron chi connectivity index (χ4n) is 3.57. The SMILES string of the molecule is O=C(COc1cccc2ccccc12)N1CCN(C(=O)c2c(F)cccc2F)CC1. The Morgan fingerprint density at radius 1 is 0.800 bits per heavy atom. The second kappa shape index (κ2) is 8.49. The Morgan fingerprint density at radius 2 is 1.40 bits per heavy atom. The first-order valence-corrected chi connectivity index (χ1v) is 9.66. The summed E-state index contributed by atoms with van der Waals surface area (Å²) in [6.07, 6.45) is 0. The first kappa shape index (κ1) is 19.8. The Hall–Kier alpha value is -3.48. The van der Waals surface area contributed by atoms with E-state index in [1.165, 1.54) is 11.0 Å². The maximum atomic E-state index is 13.9. The standard InChI is InChI=1S/C23H20F2N2O3/c24-18-8-4-9-19(25)22(18)23(29)27-13-11-26(12-14-27)21(28)15-30-20-10-3-6-16-5-1-2-7-17(16)20/h1-10H,11-15H2. The molecule has 2 amide bonds. The highest BCUT2D eigenvalue weighted by atomic mass is 19.1. The maximum Gasteiger partial charge on any atom is 0.260 e. The number of rotatable bonds is 4. The van der Waals surface area contributed by atoms with Gasteiger partial charge in [-0.2, -0.15) is 0 Å². The van der Waals surface area contributed by atoms with Gasteiger partial charge in [-0.15, -0.1) is 0 Å². The number of ether oxygens (including phenoxy) is 1. The van der Waals surface area contributed by atoms with Crippen LogP contribution in [0.3, 0.4) is 0 Å². The lowest BCUT2D eigenvalue weighted by molar-refractivity contribution is -0.134. The van der Waals surface area contributed by atoms with Crippen molar-refractivity contribution in [3.8, 4) is 5.75 Å². The zero-order valence-corrected chi connectivity index (χ0v) is 16.2. The van der Waals surface area contributed by atoms with Crippen molar-refractivity contribution in [1.82, 2.24) is 9.80 Å². The van der Waals surface area contributed by atoms with Crippen LogP contribution in [0.15, 0.2) is 60.7 Å². The van der Waals surface area contributed by atoms with E-state index < -0.39 is 23.1 Å². The molecule has 4 rings (SSSR count). The summed E-state index contributed by atoms with van der Waals surface area (Å²) in [5.41, 5.74) is -0.559. The van der Waals surface area contributed by atoms with E-state index in [0.29, 0.717) is 5.75 Å². The van der Waals surface area contributed by atoms with Crippen molar-refractivity contribution < 1.29 is 23.1 Å². The highest BCUT2D eigenvalue weighted by Crippen LogP contribution is 2.25. The Bertz CT molecular complexity index is 1070. The van der Waals surface area contributed by atoms with Gasteiger partial charge in [0.15, 0.2) is 6.61 Å². The van der Waals surface area contributed by atoms with Gasteiger partial charge in [0, 0.05) is 31.6 Å². The van der Waals surface area contributed by atoms with Crippen LogP contribution in [0.4, 0.5) is 8.78 Å². The summed E-state index contributed by atoms with van der Waals surface area (Å²) < 4.78 is 33.5. The molecular formula is C23H20F2N2O3. The van der Waals surface area contributed by atoms with Crippen LogP contribution in [0.1, 0.15) is 10.4 Å². The summed E-state index contributed by atoms with van der Waals surface area (Å²) in [5.74, 6) is -2.05. The highest BCUT2D eigenvalue weighted by Gasteiger charge is 2.28. The van der Waals surface area contributed by atoms with Crippen molar-refractivity contribution >= 4 is 22.6 Å². The first-order valence-electron chi connectivity index (χ1n) is 9.66. The van der Waals surface area contributed by atoms with Gasteiger partial charge in [0.05, 0.1) is 0 Å². The van der Waals surface area contributed by atoms with Gasteiger partial charge in [0.25, 0.3) is 11.8 Å². The fourth-order valence-corrected chi connectivity index (χ4v) is 3.57. The quantitative estimate of drug-likeness (QED) is 0.662. The van der Waals surface area contributed by atoms with Crippen LogP contribution in [0.5, 0.6) is 5.75 Å². The van der Waals surface area contributed by atoms with Gasteiger partial charge in [-0.05, 0) is 23.6 Å². The lowest BCUT2D eigenvalue weighted by atomic mass is 10.1. The van der Waals surface area contributed by atoms with Crippen LogP contribution in [-0.2, 0) is 4.79 Å². The second-order valence-electron chi connectivity index (χ2n) is 7.04. The van der Waals surface area contributed by atoms with Crippen molar-refractivity contribution in [2.75, 3.05) is 32.8 Å². The number of fused-ring (bicyclic) bond motifs is 1. The van der Waals surface area contributed by atoms with Crippen molar-refractivity contribution in [1.29, 1.82) is 0 Å². The smallest absolute Gasteiger partial charge is 0.260 e. The van der Waals surface area contributed by atoms with E-state index in [-0.39, 0.29) is 38.7 Å². The van der Waals surface area contributed by atoms with Crippen LogP contribution < -0.4 is 4.74 Å². The van der Waals surface area contributed by atoms with Gasteiger partial charge in [-0.1, -0.05) is 42.5 Å². The largest absolute Gasteiger partial charge is 0.483 e. The molecule has 1 saturated heterocycles. The molecule has 0 unspecified atom stereocenters. The summed E-state index contributed by atoms with van der Waals surface area (Å²) in [6, 6.07) is 16.7. The monoisotopic (exact) mass is 410 g/mol. The van der Waals surface area contributed by atoms with Crippen LogP contribution in [0, 0.1) is 11.6 Å². The summed E-state index contributed by atoms with van der Waals surface area (Å²) in [7, 11) is 0. The molecule has 5 nitrogen and oxygen atoms in total. The van der Waals surface area contributed by atoms with Crippen molar-refractivity contribution in [2.45, 2.75) is 0 Å². The molecular weight excluding hydrogens is 390 g/mol. The van der Waals surface area contributed by atoms with E-state index in [2.05, 4.69) is 0 Å². The molecule has 0 saturated carbocycles. The number of hydrogen-bond acceptors (Lipinski definition) is 3. The number of nitrogens with zero attached hydrogens (tertiary/aromatic N) is 2. The molecule has 3 aromatic rings. The molecule has 1 fully saturated rings. The summed E-state index contributed by atoms with van der Waals surface area (Å²) in [4.78, 5) is 28.0. The minimum Gasteiger partial charge on any atom is -0.483 e. The molecule has 0 spiro atoms. The third-order valence-electron chi connectivity index (χ3n) is 5.20. The Morgan fingerprint density at radius 3 is 2.13 bits per heavy atom. The van der Waals surface area contributed by atoms with E-state index in [1.54, 1.807) is 4.90 Å². The zero-order valence-electron chi connectivity index (χ0n) is 16.2. The highest BCUT2D eigenvalue weighted by molar-refractivity contribution is 5.95. The number of amides is 2. The zero-order chi connectivity index (χ0) is 21.1. The van der Waals surface area contributed by atoms with Gasteiger partial charge >= 0.3 is 0 Å². The first-order chi connectivity index (χ1) is 14.5. The second-order valence-corrected chi connectivity index (χ2v) is 7.04. The van der Waals surface area contributed by atoms with Crippen LogP contribution >= 0.6 is 0 Å². The third kappa shape index (κ3) is 3.96. The average molecular weight is 410 g/mol. The molecule has 0 atom stereocenters. The van der Waals surface area contributed by atoms with Gasteiger partial charge in [-0.25, -0.2) is 8.78 Å². The van der Waals surface area contributed by atoms with Crippen molar-refractivity contribution in [2.24, 2.45) is 0 Å². The predicted molar refractivity (Wildman–Crippen MR) is 108 cm³/mol. The van der Waals surface area contributed by atoms with Crippen LogP contribution in [0.25, 0.3) is 10.8 Å². The van der Waals surface area contributed by atoms with Crippen molar-refractivity contribution in [3.63, 3.8) is 0 Å².